The zero-order chi connectivity index (χ0) is 15.7. The predicted molar refractivity (Wildman–Crippen MR) is 90.6 cm³/mol. The maximum absolute atomic E-state index is 12.2. The number of anilines is 1. The van der Waals surface area contributed by atoms with E-state index in [0.29, 0.717) is 0 Å². The van der Waals surface area contributed by atoms with Gasteiger partial charge in [0.15, 0.2) is 0 Å². The van der Waals surface area contributed by atoms with Crippen molar-refractivity contribution in [3.8, 4) is 0 Å². The summed E-state index contributed by atoms with van der Waals surface area (Å²) >= 11 is 0. The van der Waals surface area contributed by atoms with E-state index in [0.717, 1.165) is 44.3 Å². The van der Waals surface area contributed by atoms with E-state index in [4.69, 9.17) is 0 Å². The molecule has 0 fully saturated rings. The Morgan fingerprint density at radius 3 is 2.38 bits per heavy atom. The maximum atomic E-state index is 12.2. The lowest BCUT2D eigenvalue weighted by Gasteiger charge is -2.15. The molecule has 0 bridgehead atoms. The van der Waals surface area contributed by atoms with E-state index < -0.39 is 0 Å². The summed E-state index contributed by atoms with van der Waals surface area (Å²) in [6.07, 6.45) is 5.20. The van der Waals surface area contributed by atoms with Crippen LogP contribution in [0.2, 0.25) is 0 Å². The normalized spacial score (nSPS) is 12.4. The largest absolute Gasteiger partial charge is 0.326 e. The molecule has 0 aliphatic heterocycles. The minimum absolute atomic E-state index is 0.137. The Bertz CT molecular complexity index is 412. The standard InChI is InChI=1S/C18H30N2O/c1-5-7-8-16(6-2)18(21)19-17-11-9-15(10-12-17)13-14-20(3)4/h9-12,16H,5-8,13-14H2,1-4H3,(H,19,21). The van der Waals surface area contributed by atoms with Crippen LogP contribution < -0.4 is 5.32 Å². The first-order valence-corrected chi connectivity index (χ1v) is 8.11. The molecule has 0 spiro atoms. The number of carbonyl (C=O) groups is 1. The summed E-state index contributed by atoms with van der Waals surface area (Å²) < 4.78 is 0. The molecule has 1 amide bonds. The number of nitrogens with one attached hydrogen (secondary N) is 1. The fraction of sp³-hybridized carbons (Fsp3) is 0.611. The Morgan fingerprint density at radius 2 is 1.86 bits per heavy atom. The smallest absolute Gasteiger partial charge is 0.227 e. The highest BCUT2D eigenvalue weighted by Crippen LogP contribution is 2.17. The Kier molecular flexibility index (Phi) is 8.06. The first-order valence-electron chi connectivity index (χ1n) is 8.11. The highest BCUT2D eigenvalue weighted by Gasteiger charge is 2.15. The van der Waals surface area contributed by atoms with Gasteiger partial charge in [0.1, 0.15) is 0 Å². The molecule has 1 rings (SSSR count). The van der Waals surface area contributed by atoms with Crippen LogP contribution in [0.25, 0.3) is 0 Å². The van der Waals surface area contributed by atoms with Crippen molar-refractivity contribution in [2.24, 2.45) is 5.92 Å². The van der Waals surface area contributed by atoms with Crippen LogP contribution in [-0.2, 0) is 11.2 Å². The second-order valence-corrected chi connectivity index (χ2v) is 5.99. The third-order valence-electron chi connectivity index (χ3n) is 3.84. The molecule has 0 aliphatic carbocycles. The molecule has 0 aromatic heterocycles. The summed E-state index contributed by atoms with van der Waals surface area (Å²) in [6, 6.07) is 8.23. The molecule has 118 valence electrons. The summed E-state index contributed by atoms with van der Waals surface area (Å²) in [5, 5.41) is 3.04. The molecule has 0 heterocycles. The topological polar surface area (TPSA) is 32.3 Å². The molecule has 1 aromatic carbocycles. The zero-order valence-corrected chi connectivity index (χ0v) is 14.0. The van der Waals surface area contributed by atoms with Gasteiger partial charge < -0.3 is 10.2 Å². The summed E-state index contributed by atoms with van der Waals surface area (Å²) in [6.45, 7) is 5.29. The molecular formula is C18H30N2O. The summed E-state index contributed by atoms with van der Waals surface area (Å²) in [5.74, 6) is 0.297. The van der Waals surface area contributed by atoms with Gasteiger partial charge in [-0.05, 0) is 51.1 Å². The summed E-state index contributed by atoms with van der Waals surface area (Å²) in [5.41, 5.74) is 2.21. The third kappa shape index (κ3) is 6.76. The van der Waals surface area contributed by atoms with Crippen LogP contribution in [0.15, 0.2) is 24.3 Å². The van der Waals surface area contributed by atoms with Gasteiger partial charge in [0.2, 0.25) is 5.91 Å². The zero-order valence-electron chi connectivity index (χ0n) is 14.0. The van der Waals surface area contributed by atoms with Crippen LogP contribution >= 0.6 is 0 Å². The van der Waals surface area contributed by atoms with Gasteiger partial charge >= 0.3 is 0 Å². The molecule has 0 saturated carbocycles. The van der Waals surface area contributed by atoms with Crippen LogP contribution in [0, 0.1) is 5.92 Å². The number of amides is 1. The van der Waals surface area contributed by atoms with Gasteiger partial charge in [0.25, 0.3) is 0 Å². The van der Waals surface area contributed by atoms with E-state index in [2.05, 4.69) is 50.3 Å². The molecule has 1 unspecified atom stereocenters. The van der Waals surface area contributed by atoms with Gasteiger partial charge in [0.05, 0.1) is 0 Å². The van der Waals surface area contributed by atoms with Gasteiger partial charge in [-0.25, -0.2) is 0 Å². The quantitative estimate of drug-likeness (QED) is 0.747. The number of rotatable bonds is 9. The molecule has 1 N–H and O–H groups in total. The van der Waals surface area contributed by atoms with Crippen molar-refractivity contribution in [2.75, 3.05) is 26.0 Å². The summed E-state index contributed by atoms with van der Waals surface area (Å²) in [4.78, 5) is 14.4. The highest BCUT2D eigenvalue weighted by molar-refractivity contribution is 5.92. The van der Waals surface area contributed by atoms with E-state index in [1.54, 1.807) is 0 Å². The SMILES string of the molecule is CCCCC(CC)C(=O)Nc1ccc(CCN(C)C)cc1. The first kappa shape index (κ1) is 17.7. The molecule has 1 atom stereocenters. The molecule has 3 nitrogen and oxygen atoms in total. The van der Waals surface area contributed by atoms with Crippen molar-refractivity contribution >= 4 is 11.6 Å². The Labute approximate surface area is 129 Å². The molecule has 0 aliphatic rings. The Morgan fingerprint density at radius 1 is 1.19 bits per heavy atom. The molecule has 3 heteroatoms. The van der Waals surface area contributed by atoms with Crippen LogP contribution in [0.4, 0.5) is 5.69 Å². The number of benzene rings is 1. The molecule has 1 aromatic rings. The number of likely N-dealkylation sites (N-methyl/N-ethyl adjacent to an activating group) is 1. The van der Waals surface area contributed by atoms with Crippen molar-refractivity contribution in [3.63, 3.8) is 0 Å². The average Bonchev–Trinajstić information content (AvgIpc) is 2.47. The lowest BCUT2D eigenvalue weighted by atomic mass is 9.98. The minimum atomic E-state index is 0.137. The number of hydrogen-bond acceptors (Lipinski definition) is 2. The minimum Gasteiger partial charge on any atom is -0.326 e. The molecular weight excluding hydrogens is 260 g/mol. The van der Waals surface area contributed by atoms with Gasteiger partial charge in [0, 0.05) is 18.2 Å². The van der Waals surface area contributed by atoms with Gasteiger partial charge in [-0.3, -0.25) is 4.79 Å². The fourth-order valence-electron chi connectivity index (χ4n) is 2.32. The van der Waals surface area contributed by atoms with E-state index in [-0.39, 0.29) is 11.8 Å². The van der Waals surface area contributed by atoms with Crippen LogP contribution in [0.5, 0.6) is 0 Å². The van der Waals surface area contributed by atoms with Crippen LogP contribution in [0.1, 0.15) is 45.1 Å². The second-order valence-electron chi connectivity index (χ2n) is 5.99. The fourth-order valence-corrected chi connectivity index (χ4v) is 2.32. The number of carbonyl (C=O) groups excluding carboxylic acids is 1. The average molecular weight is 290 g/mol. The lowest BCUT2D eigenvalue weighted by molar-refractivity contribution is -0.120. The maximum Gasteiger partial charge on any atom is 0.227 e. The predicted octanol–water partition coefficient (Wildman–Crippen LogP) is 3.95. The van der Waals surface area contributed by atoms with E-state index in [1.807, 2.05) is 12.1 Å². The van der Waals surface area contributed by atoms with Crippen molar-refractivity contribution < 1.29 is 4.79 Å². The Hall–Kier alpha value is -1.35. The highest BCUT2D eigenvalue weighted by atomic mass is 16.1. The molecule has 0 saturated heterocycles. The lowest BCUT2D eigenvalue weighted by Crippen LogP contribution is -2.22. The molecule has 0 radical (unpaired) electrons. The van der Waals surface area contributed by atoms with Crippen LogP contribution in [0.3, 0.4) is 0 Å². The second kappa shape index (κ2) is 9.56. The van der Waals surface area contributed by atoms with E-state index >= 15 is 0 Å². The molecule has 21 heavy (non-hydrogen) atoms. The van der Waals surface area contributed by atoms with Crippen molar-refractivity contribution in [1.29, 1.82) is 0 Å². The number of unbranched alkanes of at least 4 members (excludes halogenated alkanes) is 1. The number of hydrogen-bond donors (Lipinski definition) is 1. The van der Waals surface area contributed by atoms with Gasteiger partial charge in [-0.15, -0.1) is 0 Å². The van der Waals surface area contributed by atoms with Crippen molar-refractivity contribution in [1.82, 2.24) is 4.90 Å². The first-order chi connectivity index (χ1) is 10.1. The summed E-state index contributed by atoms with van der Waals surface area (Å²) in [7, 11) is 4.16. The van der Waals surface area contributed by atoms with Crippen molar-refractivity contribution in [2.45, 2.75) is 46.0 Å². The van der Waals surface area contributed by atoms with Crippen molar-refractivity contribution in [3.05, 3.63) is 29.8 Å². The van der Waals surface area contributed by atoms with E-state index in [9.17, 15) is 4.79 Å². The Balaban J connectivity index is 2.52. The van der Waals surface area contributed by atoms with Gasteiger partial charge in [-0.2, -0.15) is 0 Å². The monoisotopic (exact) mass is 290 g/mol. The van der Waals surface area contributed by atoms with Crippen LogP contribution in [-0.4, -0.2) is 31.4 Å². The van der Waals surface area contributed by atoms with E-state index in [1.165, 1.54) is 5.56 Å². The number of nitrogens with zero attached hydrogens (tertiary/aromatic N) is 1. The van der Waals surface area contributed by atoms with Gasteiger partial charge in [-0.1, -0.05) is 38.8 Å². The third-order valence-corrected chi connectivity index (χ3v) is 3.84.